The molecule has 2 heterocycles. The Bertz CT molecular complexity index is 706. The molecule has 1 saturated heterocycles. The van der Waals surface area contributed by atoms with Crippen LogP contribution < -0.4 is 10.6 Å². The lowest BCUT2D eigenvalue weighted by Crippen LogP contribution is -2.35. The maximum absolute atomic E-state index is 12.5. The third kappa shape index (κ3) is 5.93. The molecule has 0 bridgehead atoms. The molecular weight excluding hydrogens is 382 g/mol. The molecule has 0 aromatic carbocycles. The highest BCUT2D eigenvalue weighted by Crippen LogP contribution is 2.28. The van der Waals surface area contributed by atoms with Crippen molar-refractivity contribution in [1.29, 1.82) is 0 Å². The summed E-state index contributed by atoms with van der Waals surface area (Å²) in [4.78, 5) is 12.8. The standard InChI is InChI=1S/C19H31N3O3S2/c23-19(20-12-6-9-16-7-2-1-3-8-16)21-15-17-10-11-18(26-17)27(24,25)22-13-4-5-14-22/h10-11,16H,1-9,12-15H2,(H2,20,21,23). The zero-order valence-electron chi connectivity index (χ0n) is 15.9. The Balaban J connectivity index is 1.36. The molecule has 1 aromatic heterocycles. The number of hydrogen-bond acceptors (Lipinski definition) is 4. The van der Waals surface area contributed by atoms with Crippen molar-refractivity contribution in [3.05, 3.63) is 17.0 Å². The van der Waals surface area contributed by atoms with Gasteiger partial charge in [0.1, 0.15) is 4.21 Å². The van der Waals surface area contributed by atoms with Crippen LogP contribution in [0.1, 0.15) is 62.7 Å². The highest BCUT2D eigenvalue weighted by Gasteiger charge is 2.28. The normalized spacial score (nSPS) is 19.3. The molecule has 6 nitrogen and oxygen atoms in total. The van der Waals surface area contributed by atoms with E-state index in [9.17, 15) is 13.2 Å². The summed E-state index contributed by atoms with van der Waals surface area (Å²) in [5.41, 5.74) is 0. The average Bonchev–Trinajstić information content (AvgIpc) is 3.37. The monoisotopic (exact) mass is 413 g/mol. The molecule has 2 N–H and O–H groups in total. The Morgan fingerprint density at radius 2 is 1.81 bits per heavy atom. The van der Waals surface area contributed by atoms with Gasteiger partial charge >= 0.3 is 6.03 Å². The van der Waals surface area contributed by atoms with E-state index in [4.69, 9.17) is 0 Å². The molecule has 2 aliphatic rings. The van der Waals surface area contributed by atoms with E-state index in [0.29, 0.717) is 30.4 Å². The van der Waals surface area contributed by atoms with Gasteiger partial charge in [-0.1, -0.05) is 32.1 Å². The van der Waals surface area contributed by atoms with Crippen molar-refractivity contribution in [2.45, 2.75) is 68.5 Å². The Labute approximate surface area is 166 Å². The van der Waals surface area contributed by atoms with Crippen molar-refractivity contribution in [2.24, 2.45) is 5.92 Å². The number of urea groups is 1. The lowest BCUT2D eigenvalue weighted by Gasteiger charge is -2.21. The maximum Gasteiger partial charge on any atom is 0.315 e. The average molecular weight is 414 g/mol. The van der Waals surface area contributed by atoms with E-state index >= 15 is 0 Å². The van der Waals surface area contributed by atoms with Gasteiger partial charge in [-0.15, -0.1) is 11.3 Å². The highest BCUT2D eigenvalue weighted by atomic mass is 32.2. The number of thiophene rings is 1. The molecule has 3 rings (SSSR count). The van der Waals surface area contributed by atoms with Crippen molar-refractivity contribution in [1.82, 2.24) is 14.9 Å². The van der Waals surface area contributed by atoms with Gasteiger partial charge in [-0.05, 0) is 43.7 Å². The van der Waals surface area contributed by atoms with Gasteiger partial charge in [0.25, 0.3) is 10.0 Å². The summed E-state index contributed by atoms with van der Waals surface area (Å²) in [6.07, 6.45) is 10.9. The summed E-state index contributed by atoms with van der Waals surface area (Å²) < 4.78 is 27.0. The fourth-order valence-corrected chi connectivity index (χ4v) is 6.91. The number of rotatable bonds is 8. The number of nitrogens with zero attached hydrogens (tertiary/aromatic N) is 1. The summed E-state index contributed by atoms with van der Waals surface area (Å²) in [6.45, 7) is 2.27. The second-order valence-electron chi connectivity index (χ2n) is 7.59. The van der Waals surface area contributed by atoms with Crippen LogP contribution in [0.15, 0.2) is 16.3 Å². The van der Waals surface area contributed by atoms with Gasteiger partial charge in [0.05, 0.1) is 6.54 Å². The van der Waals surface area contributed by atoms with Gasteiger partial charge in [0.15, 0.2) is 0 Å². The molecule has 1 aliphatic heterocycles. The molecule has 0 unspecified atom stereocenters. The number of sulfonamides is 1. The van der Waals surface area contributed by atoms with Crippen LogP contribution >= 0.6 is 11.3 Å². The van der Waals surface area contributed by atoms with Crippen LogP contribution in [0.25, 0.3) is 0 Å². The predicted octanol–water partition coefficient (Wildman–Crippen LogP) is 3.69. The first kappa shape index (κ1) is 20.6. The first-order chi connectivity index (χ1) is 13.1. The summed E-state index contributed by atoms with van der Waals surface area (Å²) >= 11 is 1.24. The maximum atomic E-state index is 12.5. The zero-order valence-corrected chi connectivity index (χ0v) is 17.5. The summed E-state index contributed by atoms with van der Waals surface area (Å²) in [6, 6.07) is 3.25. The third-order valence-corrected chi connectivity index (χ3v) is 8.97. The van der Waals surface area contributed by atoms with E-state index in [2.05, 4.69) is 10.6 Å². The van der Waals surface area contributed by atoms with E-state index in [1.165, 1.54) is 49.9 Å². The lowest BCUT2D eigenvalue weighted by molar-refractivity contribution is 0.239. The van der Waals surface area contributed by atoms with Crippen LogP contribution in [0.2, 0.25) is 0 Å². The molecule has 152 valence electrons. The van der Waals surface area contributed by atoms with Crippen molar-refractivity contribution in [3.63, 3.8) is 0 Å². The first-order valence-corrected chi connectivity index (χ1v) is 12.4. The number of nitrogens with one attached hydrogen (secondary N) is 2. The Hall–Kier alpha value is -1.12. The molecule has 0 spiro atoms. The van der Waals surface area contributed by atoms with Crippen LogP contribution in [0.4, 0.5) is 4.79 Å². The van der Waals surface area contributed by atoms with Crippen LogP contribution in [-0.2, 0) is 16.6 Å². The van der Waals surface area contributed by atoms with Gasteiger partial charge in [-0.3, -0.25) is 0 Å². The smallest absolute Gasteiger partial charge is 0.315 e. The highest BCUT2D eigenvalue weighted by molar-refractivity contribution is 7.91. The third-order valence-electron chi connectivity index (χ3n) is 5.52. The van der Waals surface area contributed by atoms with Crippen molar-refractivity contribution in [3.8, 4) is 0 Å². The molecule has 0 radical (unpaired) electrons. The van der Waals surface area contributed by atoms with E-state index < -0.39 is 10.0 Å². The van der Waals surface area contributed by atoms with Crippen LogP contribution in [0.5, 0.6) is 0 Å². The number of carbonyl (C=O) groups is 1. The first-order valence-electron chi connectivity index (χ1n) is 10.2. The molecule has 0 atom stereocenters. The van der Waals surface area contributed by atoms with E-state index in [1.54, 1.807) is 16.4 Å². The van der Waals surface area contributed by atoms with Crippen LogP contribution in [0.3, 0.4) is 0 Å². The summed E-state index contributed by atoms with van der Waals surface area (Å²) in [5.74, 6) is 0.839. The second kappa shape index (κ2) is 9.89. The predicted molar refractivity (Wildman–Crippen MR) is 108 cm³/mol. The Kier molecular flexibility index (Phi) is 7.55. The SMILES string of the molecule is O=C(NCCCC1CCCCC1)NCc1ccc(S(=O)(=O)N2CCCC2)s1. The number of amides is 2. The van der Waals surface area contributed by atoms with E-state index in [-0.39, 0.29) is 6.03 Å². The van der Waals surface area contributed by atoms with Crippen molar-refractivity contribution >= 4 is 27.4 Å². The quantitative estimate of drug-likeness (QED) is 0.638. The molecule has 27 heavy (non-hydrogen) atoms. The number of hydrogen-bond donors (Lipinski definition) is 2. The largest absolute Gasteiger partial charge is 0.338 e. The Morgan fingerprint density at radius 3 is 2.56 bits per heavy atom. The zero-order chi connectivity index (χ0) is 19.1. The van der Waals surface area contributed by atoms with Crippen LogP contribution in [0, 0.1) is 5.92 Å². The van der Waals surface area contributed by atoms with E-state index in [1.807, 2.05) is 0 Å². The lowest BCUT2D eigenvalue weighted by atomic mass is 9.86. The Morgan fingerprint density at radius 1 is 1.07 bits per heavy atom. The molecule has 2 amide bonds. The molecule has 1 aliphatic carbocycles. The molecular formula is C19H31N3O3S2. The molecule has 1 aromatic rings. The summed E-state index contributed by atoms with van der Waals surface area (Å²) in [5, 5.41) is 5.73. The minimum absolute atomic E-state index is 0.184. The van der Waals surface area contributed by atoms with Gasteiger partial charge in [-0.2, -0.15) is 4.31 Å². The molecule has 2 fully saturated rings. The van der Waals surface area contributed by atoms with Crippen molar-refractivity contribution < 1.29 is 13.2 Å². The van der Waals surface area contributed by atoms with Crippen LogP contribution in [-0.4, -0.2) is 38.4 Å². The van der Waals surface area contributed by atoms with Gasteiger partial charge in [-0.25, -0.2) is 13.2 Å². The molecule has 8 heteroatoms. The number of carbonyl (C=O) groups excluding carboxylic acids is 1. The fourth-order valence-electron chi connectivity index (χ4n) is 3.95. The topological polar surface area (TPSA) is 78.5 Å². The van der Waals surface area contributed by atoms with Gasteiger partial charge in [0, 0.05) is 24.5 Å². The van der Waals surface area contributed by atoms with Gasteiger partial charge in [0.2, 0.25) is 0 Å². The summed E-state index contributed by atoms with van der Waals surface area (Å²) in [7, 11) is -3.36. The van der Waals surface area contributed by atoms with Crippen molar-refractivity contribution in [2.75, 3.05) is 19.6 Å². The fraction of sp³-hybridized carbons (Fsp3) is 0.737. The minimum atomic E-state index is -3.36. The second-order valence-corrected chi connectivity index (χ2v) is 10.9. The molecule has 1 saturated carbocycles. The van der Waals surface area contributed by atoms with E-state index in [0.717, 1.165) is 30.1 Å². The van der Waals surface area contributed by atoms with Gasteiger partial charge < -0.3 is 10.6 Å². The minimum Gasteiger partial charge on any atom is -0.338 e.